The number of unbranched alkanes of at least 4 members (excludes halogenated alkanes) is 3. The quantitative estimate of drug-likeness (QED) is 0.566. The van der Waals surface area contributed by atoms with Crippen molar-refractivity contribution in [3.8, 4) is 5.75 Å². The van der Waals surface area contributed by atoms with Crippen LogP contribution in [0.4, 0.5) is 11.6 Å². The van der Waals surface area contributed by atoms with Crippen molar-refractivity contribution in [2.75, 3.05) is 12.4 Å². The van der Waals surface area contributed by atoms with E-state index in [-0.39, 0.29) is 0 Å². The van der Waals surface area contributed by atoms with Crippen LogP contribution >= 0.6 is 0 Å². The number of rotatable bonds is 8. The second-order valence-electron chi connectivity index (χ2n) is 5.99. The summed E-state index contributed by atoms with van der Waals surface area (Å²) in [7, 11) is 1.68. The van der Waals surface area contributed by atoms with Gasteiger partial charge in [0.1, 0.15) is 5.75 Å². The SMILES string of the molecule is CCCCCCn1c(Nc2ccc(OC)cc2)nc2ccccc21. The molecule has 0 saturated carbocycles. The number of hydrogen-bond acceptors (Lipinski definition) is 3. The van der Waals surface area contributed by atoms with Crippen molar-refractivity contribution in [3.05, 3.63) is 48.5 Å². The van der Waals surface area contributed by atoms with Gasteiger partial charge in [-0.3, -0.25) is 0 Å². The zero-order valence-electron chi connectivity index (χ0n) is 14.5. The molecule has 0 radical (unpaired) electrons. The van der Waals surface area contributed by atoms with E-state index in [1.165, 1.54) is 31.2 Å². The molecule has 2 aromatic carbocycles. The molecule has 3 aromatic rings. The third-order valence-electron chi connectivity index (χ3n) is 4.24. The fourth-order valence-corrected chi connectivity index (χ4v) is 2.90. The van der Waals surface area contributed by atoms with Crippen LogP contribution in [0.3, 0.4) is 0 Å². The van der Waals surface area contributed by atoms with Gasteiger partial charge in [-0.1, -0.05) is 38.3 Å². The molecule has 0 fully saturated rings. The summed E-state index contributed by atoms with van der Waals surface area (Å²) in [5, 5.41) is 3.45. The number of anilines is 2. The number of fused-ring (bicyclic) bond motifs is 1. The maximum absolute atomic E-state index is 5.22. The molecule has 0 unspecified atom stereocenters. The van der Waals surface area contributed by atoms with Crippen molar-refractivity contribution in [1.29, 1.82) is 0 Å². The van der Waals surface area contributed by atoms with Crippen LogP contribution in [-0.4, -0.2) is 16.7 Å². The highest BCUT2D eigenvalue weighted by atomic mass is 16.5. The molecular formula is C20H25N3O. The smallest absolute Gasteiger partial charge is 0.208 e. The van der Waals surface area contributed by atoms with Crippen LogP contribution in [0.25, 0.3) is 11.0 Å². The summed E-state index contributed by atoms with van der Waals surface area (Å²) >= 11 is 0. The van der Waals surface area contributed by atoms with E-state index in [0.717, 1.165) is 29.4 Å². The average molecular weight is 323 g/mol. The Kier molecular flexibility index (Phi) is 5.36. The van der Waals surface area contributed by atoms with E-state index in [9.17, 15) is 0 Å². The van der Waals surface area contributed by atoms with E-state index in [1.54, 1.807) is 7.11 Å². The number of aromatic nitrogens is 2. The van der Waals surface area contributed by atoms with E-state index in [0.29, 0.717) is 0 Å². The van der Waals surface area contributed by atoms with Crippen LogP contribution in [0, 0.1) is 0 Å². The molecule has 0 bridgehead atoms. The molecular weight excluding hydrogens is 298 g/mol. The second kappa shape index (κ2) is 7.86. The van der Waals surface area contributed by atoms with Gasteiger partial charge in [-0.2, -0.15) is 0 Å². The van der Waals surface area contributed by atoms with Crippen molar-refractivity contribution in [2.45, 2.75) is 39.2 Å². The Bertz CT molecular complexity index is 777. The van der Waals surface area contributed by atoms with E-state index < -0.39 is 0 Å². The Hall–Kier alpha value is -2.49. The number of aryl methyl sites for hydroxylation is 1. The third-order valence-corrected chi connectivity index (χ3v) is 4.24. The molecule has 1 N–H and O–H groups in total. The fourth-order valence-electron chi connectivity index (χ4n) is 2.90. The summed E-state index contributed by atoms with van der Waals surface area (Å²) in [6.45, 7) is 3.22. The standard InChI is InChI=1S/C20H25N3O/c1-3-4-5-8-15-23-19-10-7-6-9-18(19)22-20(23)21-16-11-13-17(24-2)14-12-16/h6-7,9-14H,3-5,8,15H2,1-2H3,(H,21,22). The average Bonchev–Trinajstić information content (AvgIpc) is 2.97. The Morgan fingerprint density at radius 2 is 1.79 bits per heavy atom. The van der Waals surface area contributed by atoms with Gasteiger partial charge < -0.3 is 14.6 Å². The first-order valence-corrected chi connectivity index (χ1v) is 8.68. The van der Waals surface area contributed by atoms with Crippen LogP contribution in [0.5, 0.6) is 5.75 Å². The molecule has 0 atom stereocenters. The molecule has 126 valence electrons. The number of nitrogens with one attached hydrogen (secondary N) is 1. The molecule has 1 aromatic heterocycles. The molecule has 0 aliphatic rings. The van der Waals surface area contributed by atoms with Gasteiger partial charge in [-0.05, 0) is 42.8 Å². The van der Waals surface area contributed by atoms with E-state index in [1.807, 2.05) is 30.3 Å². The summed E-state index contributed by atoms with van der Waals surface area (Å²) < 4.78 is 7.51. The predicted molar refractivity (Wildman–Crippen MR) is 100 cm³/mol. The summed E-state index contributed by atoms with van der Waals surface area (Å²) in [6, 6.07) is 16.3. The number of hydrogen-bond donors (Lipinski definition) is 1. The van der Waals surface area contributed by atoms with Gasteiger partial charge in [-0.15, -0.1) is 0 Å². The molecule has 4 heteroatoms. The summed E-state index contributed by atoms with van der Waals surface area (Å²) in [4.78, 5) is 4.77. The normalized spacial score (nSPS) is 10.9. The Labute approximate surface area is 143 Å². The molecule has 0 amide bonds. The van der Waals surface area contributed by atoms with Crippen molar-refractivity contribution in [1.82, 2.24) is 9.55 Å². The third kappa shape index (κ3) is 3.70. The summed E-state index contributed by atoms with van der Waals surface area (Å²) in [5.41, 5.74) is 3.23. The Morgan fingerprint density at radius 3 is 2.54 bits per heavy atom. The highest BCUT2D eigenvalue weighted by Gasteiger charge is 2.10. The largest absolute Gasteiger partial charge is 0.497 e. The van der Waals surface area contributed by atoms with Gasteiger partial charge in [0.2, 0.25) is 5.95 Å². The van der Waals surface area contributed by atoms with Crippen LogP contribution in [0.1, 0.15) is 32.6 Å². The van der Waals surface area contributed by atoms with Gasteiger partial charge in [0, 0.05) is 12.2 Å². The lowest BCUT2D eigenvalue weighted by Gasteiger charge is -2.11. The Balaban J connectivity index is 1.84. The van der Waals surface area contributed by atoms with Gasteiger partial charge >= 0.3 is 0 Å². The van der Waals surface area contributed by atoms with Gasteiger partial charge in [0.15, 0.2) is 0 Å². The minimum atomic E-state index is 0.855. The number of methoxy groups -OCH3 is 1. The fraction of sp³-hybridized carbons (Fsp3) is 0.350. The van der Waals surface area contributed by atoms with Gasteiger partial charge in [0.25, 0.3) is 0 Å². The zero-order chi connectivity index (χ0) is 16.8. The monoisotopic (exact) mass is 323 g/mol. The topological polar surface area (TPSA) is 39.1 Å². The summed E-state index contributed by atoms with van der Waals surface area (Å²) in [5.74, 6) is 1.76. The van der Waals surface area contributed by atoms with Gasteiger partial charge in [0.05, 0.1) is 18.1 Å². The lowest BCUT2D eigenvalue weighted by atomic mass is 10.2. The first-order chi connectivity index (χ1) is 11.8. The molecule has 0 aliphatic carbocycles. The maximum Gasteiger partial charge on any atom is 0.208 e. The zero-order valence-corrected chi connectivity index (χ0v) is 14.5. The maximum atomic E-state index is 5.22. The summed E-state index contributed by atoms with van der Waals surface area (Å²) in [6.07, 6.45) is 4.96. The van der Waals surface area contributed by atoms with E-state index in [2.05, 4.69) is 35.0 Å². The highest BCUT2D eigenvalue weighted by molar-refractivity contribution is 5.79. The second-order valence-corrected chi connectivity index (χ2v) is 5.99. The van der Waals surface area contributed by atoms with Crippen LogP contribution in [0.15, 0.2) is 48.5 Å². The number of nitrogens with zero attached hydrogens (tertiary/aromatic N) is 2. The number of imidazole rings is 1. The molecule has 0 spiro atoms. The minimum Gasteiger partial charge on any atom is -0.497 e. The van der Waals surface area contributed by atoms with Crippen LogP contribution in [0.2, 0.25) is 0 Å². The van der Waals surface area contributed by atoms with Gasteiger partial charge in [-0.25, -0.2) is 4.98 Å². The van der Waals surface area contributed by atoms with Crippen molar-refractivity contribution < 1.29 is 4.74 Å². The highest BCUT2D eigenvalue weighted by Crippen LogP contribution is 2.24. The molecule has 24 heavy (non-hydrogen) atoms. The number of para-hydroxylation sites is 2. The minimum absolute atomic E-state index is 0.855. The van der Waals surface area contributed by atoms with Crippen molar-refractivity contribution in [2.24, 2.45) is 0 Å². The van der Waals surface area contributed by atoms with Crippen molar-refractivity contribution in [3.63, 3.8) is 0 Å². The molecule has 3 rings (SSSR count). The molecule has 0 aliphatic heterocycles. The lowest BCUT2D eigenvalue weighted by Crippen LogP contribution is -2.04. The number of ether oxygens (including phenoxy) is 1. The van der Waals surface area contributed by atoms with E-state index >= 15 is 0 Å². The molecule has 0 saturated heterocycles. The van der Waals surface area contributed by atoms with Crippen LogP contribution < -0.4 is 10.1 Å². The van der Waals surface area contributed by atoms with Crippen molar-refractivity contribution >= 4 is 22.7 Å². The molecule has 1 heterocycles. The Morgan fingerprint density at radius 1 is 1.00 bits per heavy atom. The first-order valence-electron chi connectivity index (χ1n) is 8.68. The van der Waals surface area contributed by atoms with E-state index in [4.69, 9.17) is 9.72 Å². The van der Waals surface area contributed by atoms with Crippen LogP contribution in [-0.2, 0) is 6.54 Å². The predicted octanol–water partition coefficient (Wildman–Crippen LogP) is 5.37. The molecule has 4 nitrogen and oxygen atoms in total. The number of benzene rings is 2. The first kappa shape index (κ1) is 16.4. The lowest BCUT2D eigenvalue weighted by molar-refractivity contribution is 0.415.